The van der Waals surface area contributed by atoms with E-state index >= 15 is 0 Å². The molecule has 5 nitrogen and oxygen atoms in total. The highest BCUT2D eigenvalue weighted by atomic mass is 35.5. The molecule has 1 atom stereocenters. The zero-order valence-electron chi connectivity index (χ0n) is 16.1. The van der Waals surface area contributed by atoms with Crippen LogP contribution in [0.3, 0.4) is 0 Å². The van der Waals surface area contributed by atoms with Gasteiger partial charge in [0.2, 0.25) is 0 Å². The van der Waals surface area contributed by atoms with Crippen LogP contribution in [0.15, 0.2) is 66.0 Å². The van der Waals surface area contributed by atoms with Crippen molar-refractivity contribution in [1.29, 1.82) is 0 Å². The Labute approximate surface area is 181 Å². The molecule has 0 saturated heterocycles. The minimum absolute atomic E-state index is 0.193. The number of H-pyrrole nitrogens is 1. The molecule has 2 aromatic carbocycles. The van der Waals surface area contributed by atoms with Crippen LogP contribution >= 0.6 is 23.2 Å². The lowest BCUT2D eigenvalue weighted by molar-refractivity contribution is 0.687. The van der Waals surface area contributed by atoms with Crippen LogP contribution in [-0.2, 0) is 12.8 Å². The second kappa shape index (κ2) is 10.9. The third-order valence-electron chi connectivity index (χ3n) is 4.70. The third kappa shape index (κ3) is 7.11. The summed E-state index contributed by atoms with van der Waals surface area (Å²) in [6, 6.07) is 15.8. The average molecular weight is 430 g/mol. The summed E-state index contributed by atoms with van der Waals surface area (Å²) >= 11 is 12.1. The Hall–Kier alpha value is -2.50. The summed E-state index contributed by atoms with van der Waals surface area (Å²) in [5.74, 6) is 0.656. The van der Waals surface area contributed by atoms with E-state index in [1.165, 1.54) is 11.1 Å². The average Bonchev–Trinajstić information content (AvgIpc) is 3.24. The Balaban J connectivity index is 1.58. The molecule has 0 bridgehead atoms. The van der Waals surface area contributed by atoms with Gasteiger partial charge in [0.25, 0.3) is 0 Å². The molecule has 152 valence electrons. The second-order valence-corrected chi connectivity index (χ2v) is 7.79. The fraction of sp³-hybridized carbons (Fsp3) is 0.273. The highest BCUT2D eigenvalue weighted by Gasteiger charge is 2.13. The standard InChI is InChI=1S/C22H25Cl2N5/c23-19-7-3-16(4-8-19)12-18(17-5-9-20(24)10-6-17)13-28-22(25)27-11-1-2-21-14-26-15-29-21/h3-10,14-15,18H,1-2,11-13H2,(H,26,29)(H3,25,27,28). The number of halogens is 2. The molecule has 7 heteroatoms. The number of guanidine groups is 1. The van der Waals surface area contributed by atoms with E-state index in [2.05, 4.69) is 20.3 Å². The fourth-order valence-corrected chi connectivity index (χ4v) is 3.36. The summed E-state index contributed by atoms with van der Waals surface area (Å²) in [7, 11) is 0. The maximum absolute atomic E-state index is 6.08. The number of benzene rings is 2. The molecule has 0 aliphatic carbocycles. The molecule has 0 amide bonds. The number of aliphatic imine (C=N–C) groups is 1. The quantitative estimate of drug-likeness (QED) is 0.264. The summed E-state index contributed by atoms with van der Waals surface area (Å²) in [5, 5.41) is 4.64. The van der Waals surface area contributed by atoms with Gasteiger partial charge in [-0.3, -0.25) is 4.99 Å². The van der Waals surface area contributed by atoms with Gasteiger partial charge in [0, 0.05) is 40.9 Å². The van der Waals surface area contributed by atoms with E-state index in [1.54, 1.807) is 6.33 Å². The van der Waals surface area contributed by atoms with E-state index in [-0.39, 0.29) is 5.92 Å². The SMILES string of the molecule is NC(=NCC(Cc1ccc(Cl)cc1)c1ccc(Cl)cc1)NCCCc1cnc[nH]1. The summed E-state index contributed by atoms with van der Waals surface area (Å²) in [6.45, 7) is 1.35. The highest BCUT2D eigenvalue weighted by Crippen LogP contribution is 2.24. The third-order valence-corrected chi connectivity index (χ3v) is 5.21. The number of nitrogens with zero attached hydrogens (tertiary/aromatic N) is 2. The Morgan fingerprint density at radius 3 is 2.41 bits per heavy atom. The maximum Gasteiger partial charge on any atom is 0.188 e. The van der Waals surface area contributed by atoms with Crippen LogP contribution in [0.4, 0.5) is 0 Å². The Kier molecular flexibility index (Phi) is 7.96. The topological polar surface area (TPSA) is 79.1 Å². The van der Waals surface area contributed by atoms with Gasteiger partial charge in [0.15, 0.2) is 5.96 Å². The fourth-order valence-electron chi connectivity index (χ4n) is 3.11. The number of aryl methyl sites for hydroxylation is 1. The van der Waals surface area contributed by atoms with Crippen molar-refractivity contribution in [2.45, 2.75) is 25.2 Å². The Morgan fingerprint density at radius 2 is 1.76 bits per heavy atom. The molecule has 0 fully saturated rings. The molecule has 0 spiro atoms. The van der Waals surface area contributed by atoms with E-state index < -0.39 is 0 Å². The first kappa shape index (κ1) is 21.2. The molecule has 0 aliphatic rings. The lowest BCUT2D eigenvalue weighted by Gasteiger charge is -2.16. The van der Waals surface area contributed by atoms with Crippen LogP contribution in [0.2, 0.25) is 10.0 Å². The highest BCUT2D eigenvalue weighted by molar-refractivity contribution is 6.30. The molecule has 1 aromatic heterocycles. The van der Waals surface area contributed by atoms with Gasteiger partial charge in [-0.05, 0) is 54.7 Å². The largest absolute Gasteiger partial charge is 0.370 e. The number of hydrogen-bond donors (Lipinski definition) is 3. The van der Waals surface area contributed by atoms with Gasteiger partial charge >= 0.3 is 0 Å². The summed E-state index contributed by atoms with van der Waals surface area (Å²) < 4.78 is 0. The molecule has 3 aromatic rings. The molecule has 1 heterocycles. The van der Waals surface area contributed by atoms with Crippen LogP contribution in [0.5, 0.6) is 0 Å². The maximum atomic E-state index is 6.08. The summed E-state index contributed by atoms with van der Waals surface area (Å²) in [4.78, 5) is 11.7. The van der Waals surface area contributed by atoms with Crippen molar-refractivity contribution >= 4 is 29.2 Å². The number of aromatic amines is 1. The van der Waals surface area contributed by atoms with Crippen molar-refractivity contribution in [2.75, 3.05) is 13.1 Å². The Morgan fingerprint density at radius 1 is 1.07 bits per heavy atom. The normalized spacial score (nSPS) is 12.7. The summed E-state index contributed by atoms with van der Waals surface area (Å²) in [6.07, 6.45) is 6.24. The van der Waals surface area contributed by atoms with Gasteiger partial charge in [-0.1, -0.05) is 47.5 Å². The van der Waals surface area contributed by atoms with Crippen LogP contribution in [0.1, 0.15) is 29.2 Å². The number of imidazole rings is 1. The van der Waals surface area contributed by atoms with Gasteiger partial charge in [-0.25, -0.2) is 4.98 Å². The smallest absolute Gasteiger partial charge is 0.188 e. The number of rotatable bonds is 9. The number of nitrogens with two attached hydrogens (primary N) is 1. The minimum Gasteiger partial charge on any atom is -0.370 e. The molecule has 3 rings (SSSR count). The molecule has 0 aliphatic heterocycles. The van der Waals surface area contributed by atoms with Gasteiger partial charge in [0.05, 0.1) is 6.33 Å². The molecular weight excluding hydrogens is 405 g/mol. The lowest BCUT2D eigenvalue weighted by atomic mass is 9.92. The lowest BCUT2D eigenvalue weighted by Crippen LogP contribution is -2.33. The monoisotopic (exact) mass is 429 g/mol. The zero-order valence-corrected chi connectivity index (χ0v) is 17.6. The van der Waals surface area contributed by atoms with Gasteiger partial charge in [-0.15, -0.1) is 0 Å². The van der Waals surface area contributed by atoms with E-state index in [1.807, 2.05) is 54.7 Å². The van der Waals surface area contributed by atoms with E-state index in [0.717, 1.165) is 41.5 Å². The van der Waals surface area contributed by atoms with Crippen molar-refractivity contribution in [3.05, 3.63) is 87.9 Å². The molecule has 0 saturated carbocycles. The van der Waals surface area contributed by atoms with Crippen LogP contribution in [0, 0.1) is 0 Å². The van der Waals surface area contributed by atoms with Crippen molar-refractivity contribution in [1.82, 2.24) is 15.3 Å². The first-order valence-corrected chi connectivity index (χ1v) is 10.4. The van der Waals surface area contributed by atoms with E-state index in [0.29, 0.717) is 12.5 Å². The molecule has 4 N–H and O–H groups in total. The first-order chi connectivity index (χ1) is 14.1. The van der Waals surface area contributed by atoms with Gasteiger partial charge in [-0.2, -0.15) is 0 Å². The first-order valence-electron chi connectivity index (χ1n) is 9.61. The van der Waals surface area contributed by atoms with Crippen molar-refractivity contribution in [2.24, 2.45) is 10.7 Å². The molecule has 0 radical (unpaired) electrons. The molecule has 29 heavy (non-hydrogen) atoms. The second-order valence-electron chi connectivity index (χ2n) is 6.91. The van der Waals surface area contributed by atoms with Crippen LogP contribution in [-0.4, -0.2) is 29.0 Å². The summed E-state index contributed by atoms with van der Waals surface area (Å²) in [5.41, 5.74) is 9.58. The van der Waals surface area contributed by atoms with Crippen molar-refractivity contribution in [3.63, 3.8) is 0 Å². The van der Waals surface area contributed by atoms with Crippen molar-refractivity contribution in [3.8, 4) is 0 Å². The minimum atomic E-state index is 0.193. The van der Waals surface area contributed by atoms with Gasteiger partial charge in [0.1, 0.15) is 0 Å². The number of nitrogens with one attached hydrogen (secondary N) is 2. The number of hydrogen-bond acceptors (Lipinski definition) is 2. The van der Waals surface area contributed by atoms with Crippen LogP contribution in [0.25, 0.3) is 0 Å². The van der Waals surface area contributed by atoms with E-state index in [4.69, 9.17) is 28.9 Å². The predicted molar refractivity (Wildman–Crippen MR) is 121 cm³/mol. The number of aromatic nitrogens is 2. The molecular formula is C22H25Cl2N5. The predicted octanol–water partition coefficient (Wildman–Crippen LogP) is 4.58. The zero-order chi connectivity index (χ0) is 20.5. The Bertz CT molecular complexity index is 890. The van der Waals surface area contributed by atoms with Crippen molar-refractivity contribution < 1.29 is 0 Å². The van der Waals surface area contributed by atoms with Gasteiger partial charge < -0.3 is 16.0 Å². The van der Waals surface area contributed by atoms with Crippen LogP contribution < -0.4 is 11.1 Å². The van der Waals surface area contributed by atoms with E-state index in [9.17, 15) is 0 Å². The molecule has 1 unspecified atom stereocenters.